The van der Waals surface area contributed by atoms with Gasteiger partial charge in [-0.3, -0.25) is 0 Å². The first-order valence-corrected chi connectivity index (χ1v) is 11.2. The molecule has 6 heteroatoms. The molecule has 156 valence electrons. The molecule has 1 saturated heterocycles. The number of hydrogen-bond acceptors (Lipinski definition) is 6. The summed E-state index contributed by atoms with van der Waals surface area (Å²) >= 11 is 0. The lowest BCUT2D eigenvalue weighted by Crippen LogP contribution is -2.25. The molecule has 0 spiro atoms. The lowest BCUT2D eigenvalue weighted by Gasteiger charge is -2.25. The maximum atomic E-state index is 4.57. The number of para-hydroxylation sites is 1. The Balaban J connectivity index is 1.41. The number of rotatable bonds is 5. The molecule has 3 heterocycles. The molecule has 3 aromatic rings. The van der Waals surface area contributed by atoms with Crippen LogP contribution in [0.3, 0.4) is 0 Å². The zero-order chi connectivity index (χ0) is 20.3. The summed E-state index contributed by atoms with van der Waals surface area (Å²) in [6.45, 7) is 7.06. The lowest BCUT2D eigenvalue weighted by atomic mass is 10.1. The standard InChI is InChI=1S/C24H30N6/c1-2-29-17-28-21-13-19-20(14-23(21)29)26-16-27-24(19)25-15-18-9-5-6-10-22(18)30-11-7-3-4-8-12-30/h5-6,9-10,13-14,16,28H,2-4,7-8,11-12,15,17H2,1H3,(H,25,26,27). The number of nitrogens with zero attached hydrogens (tertiary/aromatic N) is 4. The molecular formula is C24H30N6. The second-order valence-corrected chi connectivity index (χ2v) is 8.18. The minimum atomic E-state index is 0.754. The molecule has 1 fully saturated rings. The molecule has 2 aliphatic heterocycles. The number of aromatic nitrogens is 2. The van der Waals surface area contributed by atoms with Crippen LogP contribution in [0, 0.1) is 0 Å². The van der Waals surface area contributed by atoms with Gasteiger partial charge in [0.15, 0.2) is 0 Å². The van der Waals surface area contributed by atoms with Gasteiger partial charge in [0, 0.05) is 37.3 Å². The SMILES string of the molecule is CCN1CNc2cc3c(NCc4ccccc4N4CCCCCC4)ncnc3cc21. The first kappa shape index (κ1) is 19.0. The van der Waals surface area contributed by atoms with Crippen LogP contribution >= 0.6 is 0 Å². The first-order chi connectivity index (χ1) is 14.8. The molecule has 0 amide bonds. The minimum Gasteiger partial charge on any atom is -0.371 e. The molecule has 0 aliphatic carbocycles. The zero-order valence-corrected chi connectivity index (χ0v) is 17.7. The highest BCUT2D eigenvalue weighted by molar-refractivity contribution is 5.97. The van der Waals surface area contributed by atoms with E-state index in [0.717, 1.165) is 55.3 Å². The molecule has 2 N–H and O–H groups in total. The highest BCUT2D eigenvalue weighted by Crippen LogP contribution is 2.36. The summed E-state index contributed by atoms with van der Waals surface area (Å²) in [6.07, 6.45) is 6.92. The summed E-state index contributed by atoms with van der Waals surface area (Å²) in [7, 11) is 0. The van der Waals surface area contributed by atoms with Crippen LogP contribution in [-0.2, 0) is 6.54 Å². The van der Waals surface area contributed by atoms with Gasteiger partial charge in [-0.25, -0.2) is 9.97 Å². The van der Waals surface area contributed by atoms with Crippen molar-refractivity contribution in [2.45, 2.75) is 39.2 Å². The Labute approximate surface area is 178 Å². The van der Waals surface area contributed by atoms with Crippen LogP contribution in [0.15, 0.2) is 42.7 Å². The van der Waals surface area contributed by atoms with E-state index in [4.69, 9.17) is 0 Å². The van der Waals surface area contributed by atoms with E-state index >= 15 is 0 Å². The van der Waals surface area contributed by atoms with Crippen molar-refractivity contribution >= 4 is 33.8 Å². The zero-order valence-electron chi connectivity index (χ0n) is 17.7. The molecule has 6 nitrogen and oxygen atoms in total. The number of hydrogen-bond donors (Lipinski definition) is 2. The summed E-state index contributed by atoms with van der Waals surface area (Å²) in [5.41, 5.74) is 6.04. The largest absolute Gasteiger partial charge is 0.371 e. The molecule has 1 aromatic heterocycles. The highest BCUT2D eigenvalue weighted by atomic mass is 15.3. The van der Waals surface area contributed by atoms with Crippen LogP contribution in [0.2, 0.25) is 0 Å². The third-order valence-electron chi connectivity index (χ3n) is 6.32. The van der Waals surface area contributed by atoms with E-state index in [9.17, 15) is 0 Å². The van der Waals surface area contributed by atoms with E-state index in [1.165, 1.54) is 42.6 Å². The summed E-state index contributed by atoms with van der Waals surface area (Å²) in [6, 6.07) is 13.1. The van der Waals surface area contributed by atoms with Crippen LogP contribution in [0.1, 0.15) is 38.2 Å². The van der Waals surface area contributed by atoms with E-state index < -0.39 is 0 Å². The van der Waals surface area contributed by atoms with Gasteiger partial charge in [0.25, 0.3) is 0 Å². The third kappa shape index (κ3) is 3.62. The second kappa shape index (κ2) is 8.38. The fourth-order valence-electron chi connectivity index (χ4n) is 4.64. The summed E-state index contributed by atoms with van der Waals surface area (Å²) in [4.78, 5) is 14.0. The van der Waals surface area contributed by atoms with Gasteiger partial charge in [0.1, 0.15) is 12.1 Å². The van der Waals surface area contributed by atoms with Crippen molar-refractivity contribution in [1.29, 1.82) is 0 Å². The number of fused-ring (bicyclic) bond motifs is 2. The van der Waals surface area contributed by atoms with E-state index in [1.807, 2.05) is 0 Å². The van der Waals surface area contributed by atoms with E-state index in [0.29, 0.717) is 0 Å². The van der Waals surface area contributed by atoms with Crippen LogP contribution in [-0.4, -0.2) is 36.3 Å². The van der Waals surface area contributed by atoms with Crippen molar-refractivity contribution in [1.82, 2.24) is 9.97 Å². The number of benzene rings is 2. The van der Waals surface area contributed by atoms with Crippen LogP contribution in [0.4, 0.5) is 22.9 Å². The van der Waals surface area contributed by atoms with Crippen molar-refractivity contribution < 1.29 is 0 Å². The maximum Gasteiger partial charge on any atom is 0.137 e. The van der Waals surface area contributed by atoms with Gasteiger partial charge in [-0.2, -0.15) is 0 Å². The van der Waals surface area contributed by atoms with Crippen molar-refractivity contribution in [3.63, 3.8) is 0 Å². The Morgan fingerprint density at radius 1 is 1.00 bits per heavy atom. The molecule has 2 aromatic carbocycles. The van der Waals surface area contributed by atoms with E-state index in [1.54, 1.807) is 6.33 Å². The minimum absolute atomic E-state index is 0.754. The molecule has 0 unspecified atom stereocenters. The second-order valence-electron chi connectivity index (χ2n) is 8.18. The maximum absolute atomic E-state index is 4.57. The van der Waals surface area contributed by atoms with Gasteiger partial charge >= 0.3 is 0 Å². The van der Waals surface area contributed by atoms with Gasteiger partial charge in [-0.1, -0.05) is 31.0 Å². The number of anilines is 4. The van der Waals surface area contributed by atoms with Crippen molar-refractivity contribution in [2.24, 2.45) is 0 Å². The lowest BCUT2D eigenvalue weighted by molar-refractivity contribution is 0.726. The molecule has 5 rings (SSSR count). The van der Waals surface area contributed by atoms with Crippen molar-refractivity contribution in [2.75, 3.05) is 46.7 Å². The average molecular weight is 403 g/mol. The monoisotopic (exact) mass is 402 g/mol. The van der Waals surface area contributed by atoms with Crippen LogP contribution in [0.5, 0.6) is 0 Å². The Morgan fingerprint density at radius 3 is 2.67 bits per heavy atom. The predicted octanol–water partition coefficient (Wildman–Crippen LogP) is 4.83. The van der Waals surface area contributed by atoms with Gasteiger partial charge < -0.3 is 20.4 Å². The van der Waals surface area contributed by atoms with Crippen LogP contribution < -0.4 is 20.4 Å². The molecule has 2 aliphatic rings. The summed E-state index contributed by atoms with van der Waals surface area (Å²) < 4.78 is 0. The molecule has 0 bridgehead atoms. The van der Waals surface area contributed by atoms with Gasteiger partial charge in [0.05, 0.1) is 23.6 Å². The van der Waals surface area contributed by atoms with Crippen molar-refractivity contribution in [3.8, 4) is 0 Å². The van der Waals surface area contributed by atoms with Gasteiger partial charge in [-0.05, 0) is 43.5 Å². The van der Waals surface area contributed by atoms with Crippen LogP contribution in [0.25, 0.3) is 10.9 Å². The Morgan fingerprint density at radius 2 is 1.83 bits per heavy atom. The van der Waals surface area contributed by atoms with Crippen molar-refractivity contribution in [3.05, 3.63) is 48.3 Å². The van der Waals surface area contributed by atoms with Gasteiger partial charge in [0.2, 0.25) is 0 Å². The normalized spacial score (nSPS) is 16.3. The fourth-order valence-corrected chi connectivity index (χ4v) is 4.64. The number of nitrogens with one attached hydrogen (secondary N) is 2. The predicted molar refractivity (Wildman–Crippen MR) is 125 cm³/mol. The topological polar surface area (TPSA) is 56.3 Å². The molecule has 0 radical (unpaired) electrons. The molecular weight excluding hydrogens is 372 g/mol. The van der Waals surface area contributed by atoms with E-state index in [2.05, 4.69) is 73.7 Å². The third-order valence-corrected chi connectivity index (χ3v) is 6.32. The first-order valence-electron chi connectivity index (χ1n) is 11.2. The Bertz CT molecular complexity index is 1030. The fraction of sp³-hybridized carbons (Fsp3) is 0.417. The molecule has 0 saturated carbocycles. The smallest absolute Gasteiger partial charge is 0.137 e. The molecule has 30 heavy (non-hydrogen) atoms. The quantitative estimate of drug-likeness (QED) is 0.637. The summed E-state index contributed by atoms with van der Waals surface area (Å²) in [5, 5.41) is 8.15. The average Bonchev–Trinajstić information content (AvgIpc) is 2.99. The van der Waals surface area contributed by atoms with E-state index in [-0.39, 0.29) is 0 Å². The Hall–Kier alpha value is -3.02. The highest BCUT2D eigenvalue weighted by Gasteiger charge is 2.19. The molecule has 0 atom stereocenters. The van der Waals surface area contributed by atoms with Gasteiger partial charge in [-0.15, -0.1) is 0 Å². The Kier molecular flexibility index (Phi) is 5.30. The summed E-state index contributed by atoms with van der Waals surface area (Å²) in [5.74, 6) is 0.894.